The van der Waals surface area contributed by atoms with E-state index in [9.17, 15) is 0 Å². The average molecular weight is 170 g/mol. The molecule has 0 saturated heterocycles. The molecule has 0 aromatic rings. The van der Waals surface area contributed by atoms with Crippen molar-refractivity contribution in [3.63, 3.8) is 0 Å². The fourth-order valence-electron chi connectivity index (χ4n) is 0.646. The van der Waals surface area contributed by atoms with Crippen molar-refractivity contribution in [2.75, 3.05) is 5.75 Å². The summed E-state index contributed by atoms with van der Waals surface area (Å²) in [4.78, 5) is 3.97. The van der Waals surface area contributed by atoms with Crippen LogP contribution in [0.2, 0.25) is 0 Å². The molecule has 0 spiro atoms. The molecule has 0 N–H and O–H groups in total. The summed E-state index contributed by atoms with van der Waals surface area (Å²) in [5.41, 5.74) is 0. The second-order valence-electron chi connectivity index (χ2n) is 2.70. The molecule has 11 heavy (non-hydrogen) atoms. The van der Waals surface area contributed by atoms with Crippen molar-refractivity contribution in [2.24, 2.45) is 15.3 Å². The maximum absolute atomic E-state index is 4.08. The molecule has 3 heteroatoms. The van der Waals surface area contributed by atoms with E-state index in [1.807, 2.05) is 6.21 Å². The Kier molecular flexibility index (Phi) is 4.28. The molecule has 0 radical (unpaired) electrons. The minimum Gasteiger partial charge on any atom is -0.249 e. The van der Waals surface area contributed by atoms with Crippen LogP contribution < -0.4 is 0 Å². The van der Waals surface area contributed by atoms with Crippen LogP contribution in [0.3, 0.4) is 0 Å². The van der Waals surface area contributed by atoms with Gasteiger partial charge in [0.1, 0.15) is 6.34 Å². The van der Waals surface area contributed by atoms with Gasteiger partial charge in [0, 0.05) is 12.0 Å². The lowest BCUT2D eigenvalue weighted by Gasteiger charge is -1.86. The average Bonchev–Trinajstić information content (AvgIpc) is 2.80. The topological polar surface area (TPSA) is 24.7 Å². The predicted octanol–water partition coefficient (Wildman–Crippen LogP) is 2.55. The first kappa shape index (κ1) is 8.78. The molecule has 0 aliphatic heterocycles. The summed E-state index contributed by atoms with van der Waals surface area (Å²) in [6.45, 7) is 2.06. The Morgan fingerprint density at radius 2 is 2.36 bits per heavy atom. The van der Waals surface area contributed by atoms with Crippen LogP contribution in [0.25, 0.3) is 0 Å². The minimum absolute atomic E-state index is 0.951. The SMILES string of the molecule is CCC=N/C=N\SCC1CC1. The van der Waals surface area contributed by atoms with Gasteiger partial charge in [0.2, 0.25) is 0 Å². The number of hydrogen-bond acceptors (Lipinski definition) is 2. The van der Waals surface area contributed by atoms with Gasteiger partial charge < -0.3 is 0 Å². The van der Waals surface area contributed by atoms with Crippen molar-refractivity contribution < 1.29 is 0 Å². The van der Waals surface area contributed by atoms with Gasteiger partial charge in [-0.25, -0.2) is 9.39 Å². The zero-order chi connectivity index (χ0) is 7.94. The highest BCUT2D eigenvalue weighted by Crippen LogP contribution is 2.32. The number of nitrogens with zero attached hydrogens (tertiary/aromatic N) is 2. The standard InChI is InChI=1S/C8H14N2S/c1-2-5-9-7-10-11-6-8-3-4-8/h5,7-8H,2-4,6H2,1H3/b9-5?,10-7-. The van der Waals surface area contributed by atoms with Crippen molar-refractivity contribution >= 4 is 24.5 Å². The quantitative estimate of drug-likeness (QED) is 0.353. The van der Waals surface area contributed by atoms with Crippen LogP contribution in [-0.2, 0) is 0 Å². The highest BCUT2D eigenvalue weighted by molar-refractivity contribution is 7.98. The molecule has 0 unspecified atom stereocenters. The van der Waals surface area contributed by atoms with Gasteiger partial charge in [-0.2, -0.15) is 0 Å². The van der Waals surface area contributed by atoms with E-state index in [4.69, 9.17) is 0 Å². The molecular formula is C8H14N2S. The number of hydrogen-bond donors (Lipinski definition) is 0. The molecule has 1 rings (SSSR count). The third-order valence-electron chi connectivity index (χ3n) is 1.48. The van der Waals surface area contributed by atoms with Crippen molar-refractivity contribution in [1.29, 1.82) is 0 Å². The molecule has 1 fully saturated rings. The first-order valence-corrected chi connectivity index (χ1v) is 5.03. The van der Waals surface area contributed by atoms with Crippen LogP contribution in [0.1, 0.15) is 26.2 Å². The molecule has 62 valence electrons. The molecule has 2 nitrogen and oxygen atoms in total. The summed E-state index contributed by atoms with van der Waals surface area (Å²) >= 11 is 1.63. The van der Waals surface area contributed by atoms with Crippen LogP contribution in [0.15, 0.2) is 9.39 Å². The number of rotatable bonds is 5. The minimum atomic E-state index is 0.951. The third-order valence-corrected chi connectivity index (χ3v) is 2.35. The van der Waals surface area contributed by atoms with Gasteiger partial charge in [-0.1, -0.05) is 6.92 Å². The Bertz CT molecular complexity index is 150. The van der Waals surface area contributed by atoms with Crippen molar-refractivity contribution in [3.05, 3.63) is 0 Å². The predicted molar refractivity (Wildman–Crippen MR) is 52.5 cm³/mol. The van der Waals surface area contributed by atoms with E-state index in [-0.39, 0.29) is 0 Å². The normalized spacial score (nSPS) is 18.6. The van der Waals surface area contributed by atoms with Gasteiger partial charge in [0.25, 0.3) is 0 Å². The summed E-state index contributed by atoms with van der Waals surface area (Å²) in [6.07, 6.45) is 7.29. The molecule has 0 heterocycles. The van der Waals surface area contributed by atoms with Gasteiger partial charge in [-0.3, -0.25) is 0 Å². The fraction of sp³-hybridized carbons (Fsp3) is 0.750. The van der Waals surface area contributed by atoms with Crippen molar-refractivity contribution in [2.45, 2.75) is 26.2 Å². The van der Waals surface area contributed by atoms with Gasteiger partial charge in [0.05, 0.1) is 0 Å². The lowest BCUT2D eigenvalue weighted by molar-refractivity contribution is 1.00. The van der Waals surface area contributed by atoms with Crippen LogP contribution in [0, 0.1) is 5.92 Å². The molecule has 1 saturated carbocycles. The zero-order valence-corrected chi connectivity index (χ0v) is 7.68. The smallest absolute Gasteiger partial charge is 0.123 e. The molecule has 0 bridgehead atoms. The largest absolute Gasteiger partial charge is 0.249 e. The Hall–Kier alpha value is -0.310. The van der Waals surface area contributed by atoms with Crippen LogP contribution >= 0.6 is 11.9 Å². The van der Waals surface area contributed by atoms with E-state index in [0.717, 1.165) is 12.3 Å². The van der Waals surface area contributed by atoms with Crippen LogP contribution in [-0.4, -0.2) is 18.3 Å². The highest BCUT2D eigenvalue weighted by atomic mass is 32.2. The van der Waals surface area contributed by atoms with Gasteiger partial charge >= 0.3 is 0 Å². The third kappa shape index (κ3) is 5.01. The van der Waals surface area contributed by atoms with Crippen molar-refractivity contribution in [1.82, 2.24) is 0 Å². The van der Waals surface area contributed by atoms with E-state index in [0.29, 0.717) is 0 Å². The monoisotopic (exact) mass is 170 g/mol. The van der Waals surface area contributed by atoms with Crippen molar-refractivity contribution in [3.8, 4) is 0 Å². The molecule has 0 aromatic heterocycles. The summed E-state index contributed by atoms with van der Waals surface area (Å²) in [5.74, 6) is 2.13. The van der Waals surface area contributed by atoms with E-state index in [1.165, 1.54) is 18.6 Å². The molecule has 0 aromatic carbocycles. The summed E-state index contributed by atoms with van der Waals surface area (Å²) in [6, 6.07) is 0. The summed E-state index contributed by atoms with van der Waals surface area (Å²) in [5, 5.41) is 0. The Balaban J connectivity index is 1.91. The first-order chi connectivity index (χ1) is 5.43. The van der Waals surface area contributed by atoms with Crippen LogP contribution in [0.5, 0.6) is 0 Å². The molecule has 0 amide bonds. The maximum Gasteiger partial charge on any atom is 0.123 e. The Morgan fingerprint density at radius 1 is 1.55 bits per heavy atom. The lowest BCUT2D eigenvalue weighted by atomic mass is 10.5. The highest BCUT2D eigenvalue weighted by Gasteiger charge is 2.20. The second-order valence-corrected chi connectivity index (χ2v) is 3.50. The van der Waals surface area contributed by atoms with E-state index < -0.39 is 0 Å². The Morgan fingerprint density at radius 3 is 3.00 bits per heavy atom. The molecule has 1 aliphatic carbocycles. The van der Waals surface area contributed by atoms with E-state index >= 15 is 0 Å². The second kappa shape index (κ2) is 5.35. The molecule has 1 aliphatic rings. The Labute approximate surface area is 72.3 Å². The van der Waals surface area contributed by atoms with Gasteiger partial charge in [0.15, 0.2) is 0 Å². The number of aliphatic imine (C=N–C) groups is 1. The maximum atomic E-state index is 4.08. The molecule has 0 atom stereocenters. The first-order valence-electron chi connectivity index (χ1n) is 4.09. The summed E-state index contributed by atoms with van der Waals surface area (Å²) < 4.78 is 4.08. The van der Waals surface area contributed by atoms with Crippen LogP contribution in [0.4, 0.5) is 0 Å². The van der Waals surface area contributed by atoms with E-state index in [1.54, 1.807) is 18.3 Å². The fourth-order valence-corrected chi connectivity index (χ4v) is 1.40. The van der Waals surface area contributed by atoms with Gasteiger partial charge in [-0.15, -0.1) is 0 Å². The van der Waals surface area contributed by atoms with Gasteiger partial charge in [-0.05, 0) is 37.1 Å². The molecular weight excluding hydrogens is 156 g/mol. The summed E-state index contributed by atoms with van der Waals surface area (Å²) in [7, 11) is 0. The van der Waals surface area contributed by atoms with E-state index in [2.05, 4.69) is 16.3 Å². The lowest BCUT2D eigenvalue weighted by Crippen LogP contribution is -1.76. The zero-order valence-electron chi connectivity index (χ0n) is 6.86.